The molecular weight excluding hydrogens is 275 g/mol. The van der Waals surface area contributed by atoms with E-state index in [1.54, 1.807) is 18.3 Å². The molecule has 0 unspecified atom stereocenters. The normalized spacial score (nSPS) is 10.3. The number of aromatic nitrogens is 1. The molecule has 2 N–H and O–H groups in total. The molecule has 20 heavy (non-hydrogen) atoms. The fraction of sp³-hybridized carbons (Fsp3) is 0.0769. The van der Waals surface area contributed by atoms with Crippen molar-refractivity contribution in [1.82, 2.24) is 4.98 Å². The van der Waals surface area contributed by atoms with Crippen LogP contribution in [0.2, 0.25) is 0 Å². The number of phenolic OH excluding ortho intramolecular Hbond substituents is 1. The predicted octanol–water partition coefficient (Wildman–Crippen LogP) is 3.17. The van der Waals surface area contributed by atoms with Gasteiger partial charge in [-0.3, -0.25) is 9.78 Å². The quantitative estimate of drug-likeness (QED) is 0.789. The Morgan fingerprint density at radius 1 is 1.20 bits per heavy atom. The number of aromatic hydroxyl groups is 1. The summed E-state index contributed by atoms with van der Waals surface area (Å²) in [5.74, 6) is -0.409. The van der Waals surface area contributed by atoms with Gasteiger partial charge in [0.25, 0.3) is 6.47 Å². The minimum absolute atomic E-state index is 0.250. The number of hydrogen-bond donors (Lipinski definition) is 2. The van der Waals surface area contributed by atoms with Gasteiger partial charge < -0.3 is 10.2 Å². The average Bonchev–Trinajstić information content (AvgIpc) is 2.39. The molecule has 1 heterocycles. The van der Waals surface area contributed by atoms with E-state index in [2.05, 4.69) is 4.98 Å². The summed E-state index contributed by atoms with van der Waals surface area (Å²) in [4.78, 5) is 12.2. The maximum atomic E-state index is 12.4. The van der Waals surface area contributed by atoms with E-state index in [0.717, 1.165) is 6.07 Å². The molecule has 0 fully saturated rings. The first-order valence-electron chi connectivity index (χ1n) is 5.28. The van der Waals surface area contributed by atoms with Crippen molar-refractivity contribution in [1.29, 1.82) is 0 Å². The summed E-state index contributed by atoms with van der Waals surface area (Å²) < 4.78 is 37.1. The monoisotopic (exact) mass is 285 g/mol. The average molecular weight is 285 g/mol. The van der Waals surface area contributed by atoms with Crippen LogP contribution in [0.3, 0.4) is 0 Å². The molecule has 0 atom stereocenters. The van der Waals surface area contributed by atoms with Crippen LogP contribution in [0.4, 0.5) is 13.2 Å². The highest BCUT2D eigenvalue weighted by Crippen LogP contribution is 2.36. The minimum Gasteiger partial charge on any atom is -0.507 e. The molecule has 0 radical (unpaired) electrons. The first-order chi connectivity index (χ1) is 9.40. The first kappa shape index (κ1) is 15.5. The summed E-state index contributed by atoms with van der Waals surface area (Å²) in [6.07, 6.45) is -1.43. The Morgan fingerprint density at radius 2 is 1.85 bits per heavy atom. The van der Waals surface area contributed by atoms with E-state index < -0.39 is 17.5 Å². The molecule has 0 aliphatic rings. The lowest BCUT2D eigenvalue weighted by Gasteiger charge is -2.09. The lowest BCUT2D eigenvalue weighted by molar-refractivity contribution is -0.137. The highest BCUT2D eigenvalue weighted by Gasteiger charge is 2.31. The van der Waals surface area contributed by atoms with Gasteiger partial charge in [-0.15, -0.1) is 0 Å². The molecule has 2 rings (SSSR count). The third kappa shape index (κ3) is 3.98. The molecule has 7 heteroatoms. The second-order valence-corrected chi connectivity index (χ2v) is 3.58. The number of carboxylic acid groups (broad SMARTS) is 1. The fourth-order valence-electron chi connectivity index (χ4n) is 1.47. The van der Waals surface area contributed by atoms with Crippen LogP contribution in [0.1, 0.15) is 5.56 Å². The summed E-state index contributed by atoms with van der Waals surface area (Å²) in [5, 5.41) is 16.5. The van der Waals surface area contributed by atoms with E-state index in [4.69, 9.17) is 9.90 Å². The molecule has 0 bridgehead atoms. The summed E-state index contributed by atoms with van der Waals surface area (Å²) in [7, 11) is 0. The summed E-state index contributed by atoms with van der Waals surface area (Å²) in [6, 6.07) is 6.18. The van der Waals surface area contributed by atoms with E-state index in [0.29, 0.717) is 17.2 Å². The van der Waals surface area contributed by atoms with E-state index in [1.165, 1.54) is 12.3 Å². The number of nitrogens with zero attached hydrogens (tertiary/aromatic N) is 1. The zero-order valence-electron chi connectivity index (χ0n) is 10.0. The zero-order chi connectivity index (χ0) is 15.2. The van der Waals surface area contributed by atoms with Gasteiger partial charge in [0, 0.05) is 23.5 Å². The smallest absolute Gasteiger partial charge is 0.416 e. The van der Waals surface area contributed by atoms with Gasteiger partial charge >= 0.3 is 6.18 Å². The highest BCUT2D eigenvalue weighted by atomic mass is 19.4. The van der Waals surface area contributed by atoms with Gasteiger partial charge in [-0.05, 0) is 18.2 Å². The topological polar surface area (TPSA) is 70.4 Å². The van der Waals surface area contributed by atoms with E-state index in [9.17, 15) is 18.3 Å². The van der Waals surface area contributed by atoms with Crippen molar-refractivity contribution < 1.29 is 28.2 Å². The van der Waals surface area contributed by atoms with Crippen LogP contribution >= 0.6 is 0 Å². The Labute approximate surface area is 112 Å². The number of pyridine rings is 1. The summed E-state index contributed by atoms with van der Waals surface area (Å²) in [5.41, 5.74) is 0.0208. The second kappa shape index (κ2) is 6.55. The number of phenols is 1. The van der Waals surface area contributed by atoms with Gasteiger partial charge in [-0.25, -0.2) is 0 Å². The van der Waals surface area contributed by atoms with Crippen LogP contribution < -0.4 is 0 Å². The molecule has 0 aliphatic heterocycles. The maximum absolute atomic E-state index is 12.4. The van der Waals surface area contributed by atoms with Crippen molar-refractivity contribution in [3.8, 4) is 16.9 Å². The van der Waals surface area contributed by atoms with Crippen LogP contribution in [0.25, 0.3) is 11.1 Å². The van der Waals surface area contributed by atoms with Crippen LogP contribution in [-0.2, 0) is 11.0 Å². The zero-order valence-corrected chi connectivity index (χ0v) is 10.0. The van der Waals surface area contributed by atoms with Gasteiger partial charge in [0.1, 0.15) is 5.75 Å². The Hall–Kier alpha value is -2.57. The summed E-state index contributed by atoms with van der Waals surface area (Å²) in [6.45, 7) is -0.250. The highest BCUT2D eigenvalue weighted by molar-refractivity contribution is 5.69. The molecule has 2 aromatic rings. The van der Waals surface area contributed by atoms with E-state index in [1.807, 2.05) is 0 Å². The largest absolute Gasteiger partial charge is 0.507 e. The van der Waals surface area contributed by atoms with Gasteiger partial charge in [-0.1, -0.05) is 12.1 Å². The maximum Gasteiger partial charge on any atom is 0.416 e. The molecular formula is C13H10F3NO3. The van der Waals surface area contributed by atoms with Crippen molar-refractivity contribution in [2.24, 2.45) is 0 Å². The van der Waals surface area contributed by atoms with Crippen molar-refractivity contribution in [2.75, 3.05) is 0 Å². The molecule has 0 aliphatic carbocycles. The van der Waals surface area contributed by atoms with Crippen LogP contribution in [0.15, 0.2) is 42.7 Å². The van der Waals surface area contributed by atoms with Gasteiger partial charge in [0.05, 0.1) is 5.56 Å². The van der Waals surface area contributed by atoms with Gasteiger partial charge in [0.15, 0.2) is 0 Å². The molecule has 0 amide bonds. The van der Waals surface area contributed by atoms with Crippen LogP contribution in [0, 0.1) is 0 Å². The molecule has 1 aromatic heterocycles. The Bertz CT molecular complexity index is 571. The third-order valence-electron chi connectivity index (χ3n) is 2.30. The standard InChI is InChI=1S/C12H8F3NO.CH2O2/c13-12(14,15)9-3-4-10(11(17)6-9)8-2-1-5-16-7-8;2-1-3/h1-7,17H;1H,(H,2,3). The number of rotatable bonds is 1. The SMILES string of the molecule is O=CO.Oc1cc(C(F)(F)F)ccc1-c1cccnc1. The molecule has 0 saturated heterocycles. The van der Waals surface area contributed by atoms with Crippen molar-refractivity contribution in [3.63, 3.8) is 0 Å². The van der Waals surface area contributed by atoms with Gasteiger partial charge in [0.2, 0.25) is 0 Å². The second-order valence-electron chi connectivity index (χ2n) is 3.58. The Balaban J connectivity index is 0.000000612. The third-order valence-corrected chi connectivity index (χ3v) is 2.30. The molecule has 1 aromatic carbocycles. The number of halogens is 3. The van der Waals surface area contributed by atoms with Gasteiger partial charge in [-0.2, -0.15) is 13.2 Å². The van der Waals surface area contributed by atoms with Crippen molar-refractivity contribution in [2.45, 2.75) is 6.18 Å². The lowest BCUT2D eigenvalue weighted by atomic mass is 10.0. The molecule has 4 nitrogen and oxygen atoms in total. The van der Waals surface area contributed by atoms with Crippen LogP contribution in [-0.4, -0.2) is 21.7 Å². The van der Waals surface area contributed by atoms with E-state index in [-0.39, 0.29) is 6.47 Å². The Kier molecular flexibility index (Phi) is 5.08. The van der Waals surface area contributed by atoms with Crippen molar-refractivity contribution >= 4 is 6.47 Å². The number of benzene rings is 1. The number of carbonyl (C=O) groups is 1. The molecule has 0 spiro atoms. The first-order valence-corrected chi connectivity index (χ1v) is 5.28. The summed E-state index contributed by atoms with van der Waals surface area (Å²) >= 11 is 0. The fourth-order valence-corrected chi connectivity index (χ4v) is 1.47. The minimum atomic E-state index is -4.45. The predicted molar refractivity (Wildman–Crippen MR) is 65.0 cm³/mol. The van der Waals surface area contributed by atoms with Crippen molar-refractivity contribution in [3.05, 3.63) is 48.3 Å². The van der Waals surface area contributed by atoms with Crippen LogP contribution in [0.5, 0.6) is 5.75 Å². The lowest BCUT2D eigenvalue weighted by Crippen LogP contribution is -2.04. The number of hydrogen-bond acceptors (Lipinski definition) is 3. The Morgan fingerprint density at radius 3 is 2.30 bits per heavy atom. The molecule has 0 saturated carbocycles. The van der Waals surface area contributed by atoms with E-state index >= 15 is 0 Å². The molecule has 106 valence electrons. The number of alkyl halides is 3.